The lowest BCUT2D eigenvalue weighted by atomic mass is 9.95. The highest BCUT2D eigenvalue weighted by molar-refractivity contribution is 5.79. The zero-order valence-corrected chi connectivity index (χ0v) is 12.8. The fraction of sp³-hybridized carbons (Fsp3) is 0.923. The largest absolute Gasteiger partial charge is 0.456 e. The predicted octanol–water partition coefficient (Wildman–Crippen LogP) is 4.74. The van der Waals surface area contributed by atoms with Crippen molar-refractivity contribution in [2.75, 3.05) is 13.3 Å². The molecule has 0 spiro atoms. The standard InChI is InChI=1S/C10H15F4NO.C3H2F6/c11-6-8(10(12,13)14)9(16)15-7-4-2-1-3-5-7;4-1-2(5,6)3(7,8)9/h7-8H,1-6H2,(H,15,16);1H2. The predicted molar refractivity (Wildman–Crippen MR) is 67.5 cm³/mol. The van der Waals surface area contributed by atoms with Crippen LogP contribution in [0.5, 0.6) is 0 Å². The maximum Gasteiger partial charge on any atom is 0.456 e. The lowest BCUT2D eigenvalue weighted by molar-refractivity contribution is -0.286. The van der Waals surface area contributed by atoms with Crippen molar-refractivity contribution in [2.45, 2.75) is 56.4 Å². The van der Waals surface area contributed by atoms with Gasteiger partial charge in [0.05, 0.1) is 0 Å². The van der Waals surface area contributed by atoms with Crippen molar-refractivity contribution in [3.8, 4) is 0 Å². The van der Waals surface area contributed by atoms with Crippen LogP contribution < -0.4 is 5.32 Å². The minimum absolute atomic E-state index is 0.224. The van der Waals surface area contributed by atoms with Crippen molar-refractivity contribution in [3.63, 3.8) is 0 Å². The molecule has 0 saturated heterocycles. The molecule has 1 amide bonds. The number of carbonyl (C=O) groups is 1. The van der Waals surface area contributed by atoms with E-state index in [4.69, 9.17) is 0 Å². The Morgan fingerprint density at radius 3 is 1.68 bits per heavy atom. The molecule has 0 radical (unpaired) electrons. The van der Waals surface area contributed by atoms with Crippen molar-refractivity contribution in [1.82, 2.24) is 5.32 Å². The molecular formula is C13H17F10NO. The number of rotatable bonds is 4. The summed E-state index contributed by atoms with van der Waals surface area (Å²) < 4.78 is 114. The van der Waals surface area contributed by atoms with Crippen LogP contribution in [0.3, 0.4) is 0 Å². The summed E-state index contributed by atoms with van der Waals surface area (Å²) in [5, 5.41) is 2.28. The van der Waals surface area contributed by atoms with Gasteiger partial charge in [-0.25, -0.2) is 8.78 Å². The second kappa shape index (κ2) is 9.46. The summed E-state index contributed by atoms with van der Waals surface area (Å²) in [4.78, 5) is 11.2. The van der Waals surface area contributed by atoms with Gasteiger partial charge in [0.2, 0.25) is 5.91 Å². The maximum atomic E-state index is 12.2. The Balaban J connectivity index is 0.000000547. The van der Waals surface area contributed by atoms with Crippen LogP contribution in [0.1, 0.15) is 32.1 Å². The molecule has 1 rings (SSSR count). The third kappa shape index (κ3) is 8.13. The topological polar surface area (TPSA) is 29.1 Å². The molecule has 150 valence electrons. The number of hydrogen-bond acceptors (Lipinski definition) is 1. The van der Waals surface area contributed by atoms with E-state index in [-0.39, 0.29) is 6.04 Å². The van der Waals surface area contributed by atoms with E-state index in [1.54, 1.807) is 0 Å². The fourth-order valence-electron chi connectivity index (χ4n) is 1.93. The number of alkyl halides is 10. The molecule has 1 aliphatic rings. The molecule has 1 saturated carbocycles. The van der Waals surface area contributed by atoms with Gasteiger partial charge in [0.1, 0.15) is 6.67 Å². The number of hydrogen-bond donors (Lipinski definition) is 1. The van der Waals surface area contributed by atoms with Crippen molar-refractivity contribution < 1.29 is 48.7 Å². The molecule has 2 nitrogen and oxygen atoms in total. The third-order valence-corrected chi connectivity index (χ3v) is 3.40. The summed E-state index contributed by atoms with van der Waals surface area (Å²) in [6.45, 7) is -4.39. The number of nitrogens with one attached hydrogen (secondary N) is 1. The van der Waals surface area contributed by atoms with Crippen LogP contribution in [-0.2, 0) is 4.79 Å². The molecule has 12 heteroatoms. The molecule has 0 heterocycles. The van der Waals surface area contributed by atoms with Gasteiger partial charge in [-0.05, 0) is 12.8 Å². The molecule has 1 N–H and O–H groups in total. The minimum Gasteiger partial charge on any atom is -0.353 e. The molecule has 0 aromatic carbocycles. The normalized spacial score (nSPS) is 18.2. The number of halogens is 10. The van der Waals surface area contributed by atoms with Crippen LogP contribution in [-0.4, -0.2) is 43.6 Å². The van der Waals surface area contributed by atoms with Gasteiger partial charge in [-0.2, -0.15) is 35.1 Å². The van der Waals surface area contributed by atoms with Crippen LogP contribution in [0.15, 0.2) is 0 Å². The number of carbonyl (C=O) groups excluding carboxylic acids is 1. The lowest BCUT2D eigenvalue weighted by Gasteiger charge is -2.25. The van der Waals surface area contributed by atoms with Crippen molar-refractivity contribution >= 4 is 5.91 Å². The SMILES string of the molecule is FCC(F)(F)C(F)(F)F.O=C(NC1CCCCC1)C(CF)C(F)(F)F. The van der Waals surface area contributed by atoms with Crippen molar-refractivity contribution in [3.05, 3.63) is 0 Å². The Hall–Kier alpha value is -1.23. The summed E-state index contributed by atoms with van der Waals surface area (Å²) >= 11 is 0. The highest BCUT2D eigenvalue weighted by Gasteiger charge is 2.57. The molecule has 25 heavy (non-hydrogen) atoms. The van der Waals surface area contributed by atoms with Gasteiger partial charge in [-0.3, -0.25) is 4.79 Å². The fourth-order valence-corrected chi connectivity index (χ4v) is 1.93. The van der Waals surface area contributed by atoms with Crippen LogP contribution in [0.25, 0.3) is 0 Å². The summed E-state index contributed by atoms with van der Waals surface area (Å²) in [5.74, 6) is -8.94. The first-order valence-electron chi connectivity index (χ1n) is 7.19. The molecule has 1 unspecified atom stereocenters. The van der Waals surface area contributed by atoms with E-state index in [0.717, 1.165) is 19.3 Å². The van der Waals surface area contributed by atoms with Crippen LogP contribution in [0.4, 0.5) is 43.9 Å². The summed E-state index contributed by atoms with van der Waals surface area (Å²) in [5.41, 5.74) is 0. The first kappa shape index (κ1) is 23.8. The molecule has 0 bridgehead atoms. The van der Waals surface area contributed by atoms with Crippen LogP contribution in [0, 0.1) is 5.92 Å². The first-order valence-corrected chi connectivity index (χ1v) is 7.19. The molecule has 0 aliphatic heterocycles. The molecular weight excluding hydrogens is 376 g/mol. The molecule has 0 aromatic rings. The van der Waals surface area contributed by atoms with E-state index >= 15 is 0 Å². The molecule has 1 fully saturated rings. The summed E-state index contributed by atoms with van der Waals surface area (Å²) in [6, 6.07) is -0.224. The van der Waals surface area contributed by atoms with Gasteiger partial charge in [0.25, 0.3) is 0 Å². The van der Waals surface area contributed by atoms with Gasteiger partial charge in [-0.1, -0.05) is 19.3 Å². The van der Waals surface area contributed by atoms with Crippen LogP contribution >= 0.6 is 0 Å². The average Bonchev–Trinajstić information content (AvgIpc) is 2.47. The Morgan fingerprint density at radius 2 is 1.40 bits per heavy atom. The number of amides is 1. The highest BCUT2D eigenvalue weighted by atomic mass is 19.4. The Kier molecular flexibility index (Phi) is 9.00. The Labute approximate surface area is 136 Å². The second-order valence-corrected chi connectivity index (χ2v) is 5.43. The lowest BCUT2D eigenvalue weighted by Crippen LogP contribution is -2.45. The zero-order valence-electron chi connectivity index (χ0n) is 12.8. The second-order valence-electron chi connectivity index (χ2n) is 5.43. The van der Waals surface area contributed by atoms with Gasteiger partial charge in [-0.15, -0.1) is 0 Å². The third-order valence-electron chi connectivity index (χ3n) is 3.40. The van der Waals surface area contributed by atoms with E-state index in [1.807, 2.05) is 0 Å². The van der Waals surface area contributed by atoms with Crippen molar-refractivity contribution in [2.24, 2.45) is 5.92 Å². The Bertz CT molecular complexity index is 401. The van der Waals surface area contributed by atoms with Gasteiger partial charge in [0.15, 0.2) is 12.6 Å². The molecule has 1 aliphatic carbocycles. The van der Waals surface area contributed by atoms with Gasteiger partial charge in [0, 0.05) is 6.04 Å². The smallest absolute Gasteiger partial charge is 0.353 e. The van der Waals surface area contributed by atoms with E-state index in [2.05, 4.69) is 5.32 Å². The highest BCUT2D eigenvalue weighted by Crippen LogP contribution is 2.35. The zero-order chi connectivity index (χ0) is 19.9. The monoisotopic (exact) mass is 393 g/mol. The van der Waals surface area contributed by atoms with Crippen molar-refractivity contribution in [1.29, 1.82) is 0 Å². The maximum absolute atomic E-state index is 12.2. The van der Waals surface area contributed by atoms with E-state index in [9.17, 15) is 48.7 Å². The van der Waals surface area contributed by atoms with E-state index in [1.165, 1.54) is 0 Å². The molecule has 1 atom stereocenters. The summed E-state index contributed by atoms with van der Waals surface area (Å²) in [7, 11) is 0. The first-order chi connectivity index (χ1) is 11.3. The van der Waals surface area contributed by atoms with E-state index in [0.29, 0.717) is 12.8 Å². The van der Waals surface area contributed by atoms with E-state index < -0.39 is 43.4 Å². The summed E-state index contributed by atoms with van der Waals surface area (Å²) in [6.07, 6.45) is -6.35. The average molecular weight is 393 g/mol. The van der Waals surface area contributed by atoms with Gasteiger partial charge < -0.3 is 5.32 Å². The van der Waals surface area contributed by atoms with Crippen LogP contribution in [0.2, 0.25) is 0 Å². The quantitative estimate of drug-likeness (QED) is 0.687. The minimum atomic E-state index is -5.76. The molecule has 0 aromatic heterocycles. The Morgan fingerprint density at radius 1 is 0.920 bits per heavy atom. The van der Waals surface area contributed by atoms with Gasteiger partial charge >= 0.3 is 18.3 Å².